The van der Waals surface area contributed by atoms with Crippen LogP contribution in [0, 0.1) is 5.92 Å². The zero-order valence-electron chi connectivity index (χ0n) is 16.8. The predicted molar refractivity (Wildman–Crippen MR) is 110 cm³/mol. The van der Waals surface area contributed by atoms with Gasteiger partial charge in [-0.25, -0.2) is 0 Å². The minimum atomic E-state index is -0.602. The van der Waals surface area contributed by atoms with Crippen molar-refractivity contribution in [2.24, 2.45) is 5.92 Å². The van der Waals surface area contributed by atoms with Gasteiger partial charge in [-0.3, -0.25) is 9.59 Å². The van der Waals surface area contributed by atoms with Gasteiger partial charge in [0, 0.05) is 41.9 Å². The molecule has 0 radical (unpaired) electrons. The first-order valence-corrected chi connectivity index (χ1v) is 10.7. The lowest BCUT2D eigenvalue weighted by atomic mass is 9.86. The molecule has 1 aliphatic carbocycles. The van der Waals surface area contributed by atoms with Crippen LogP contribution >= 0.6 is 11.6 Å². The number of nitrogens with one attached hydrogen (secondary N) is 1. The van der Waals surface area contributed by atoms with Crippen molar-refractivity contribution in [3.63, 3.8) is 0 Å². The molecule has 1 aliphatic heterocycles. The summed E-state index contributed by atoms with van der Waals surface area (Å²) in [6, 6.07) is 7.54. The van der Waals surface area contributed by atoms with Crippen molar-refractivity contribution in [3.05, 3.63) is 34.9 Å². The van der Waals surface area contributed by atoms with Gasteiger partial charge in [0.25, 0.3) is 0 Å². The quantitative estimate of drug-likeness (QED) is 0.786. The van der Waals surface area contributed by atoms with Crippen molar-refractivity contribution in [2.75, 3.05) is 13.1 Å². The highest BCUT2D eigenvalue weighted by Gasteiger charge is 2.34. The van der Waals surface area contributed by atoms with Gasteiger partial charge in [-0.15, -0.1) is 0 Å². The fourth-order valence-electron chi connectivity index (χ4n) is 4.41. The maximum atomic E-state index is 12.8. The fourth-order valence-corrected chi connectivity index (χ4v) is 4.54. The van der Waals surface area contributed by atoms with Crippen molar-refractivity contribution in [3.8, 4) is 0 Å². The van der Waals surface area contributed by atoms with Crippen LogP contribution in [0.1, 0.15) is 63.9 Å². The third-order valence-electron chi connectivity index (χ3n) is 6.01. The molecule has 5 nitrogen and oxygen atoms in total. The topological polar surface area (TPSA) is 69.6 Å². The van der Waals surface area contributed by atoms with Crippen LogP contribution in [-0.4, -0.2) is 46.6 Å². The first kappa shape index (κ1) is 21.1. The number of carbonyl (C=O) groups is 2. The van der Waals surface area contributed by atoms with E-state index in [1.54, 1.807) is 4.90 Å². The summed E-state index contributed by atoms with van der Waals surface area (Å²) in [5.74, 6) is 0.143. The van der Waals surface area contributed by atoms with Crippen LogP contribution in [-0.2, 0) is 9.59 Å². The SMILES string of the molecule is CC(C)(CC(=O)N1CCC(c2ccc(Cl)cc2)C(O)C1)NC(=O)C1CCCC1. The van der Waals surface area contributed by atoms with Crippen LogP contribution in [0.3, 0.4) is 0 Å². The van der Waals surface area contributed by atoms with Gasteiger partial charge in [-0.2, -0.15) is 0 Å². The van der Waals surface area contributed by atoms with Crippen LogP contribution in [0.2, 0.25) is 5.02 Å². The van der Waals surface area contributed by atoms with Crippen molar-refractivity contribution < 1.29 is 14.7 Å². The minimum Gasteiger partial charge on any atom is -0.391 e. The highest BCUT2D eigenvalue weighted by Crippen LogP contribution is 2.30. The molecule has 1 saturated carbocycles. The molecule has 2 fully saturated rings. The van der Waals surface area contributed by atoms with Crippen molar-refractivity contribution in [1.82, 2.24) is 10.2 Å². The second kappa shape index (κ2) is 8.83. The Morgan fingerprint density at radius 2 is 1.82 bits per heavy atom. The molecular weight excluding hydrogens is 376 g/mol. The number of likely N-dealkylation sites (tertiary alicyclic amines) is 1. The number of hydrogen-bond donors (Lipinski definition) is 2. The zero-order chi connectivity index (χ0) is 20.3. The summed E-state index contributed by atoms with van der Waals surface area (Å²) in [7, 11) is 0. The Morgan fingerprint density at radius 3 is 2.43 bits per heavy atom. The van der Waals surface area contributed by atoms with Gasteiger partial charge in [0.2, 0.25) is 11.8 Å². The van der Waals surface area contributed by atoms with Crippen molar-refractivity contribution in [1.29, 1.82) is 0 Å². The van der Waals surface area contributed by atoms with Crippen molar-refractivity contribution >= 4 is 23.4 Å². The molecule has 6 heteroatoms. The molecule has 2 N–H and O–H groups in total. The van der Waals surface area contributed by atoms with E-state index in [1.165, 1.54) is 0 Å². The standard InChI is InChI=1S/C22H31ClN2O3/c1-22(2,24-21(28)16-5-3-4-6-16)13-20(27)25-12-11-18(19(26)14-25)15-7-9-17(23)10-8-15/h7-10,16,18-19,26H,3-6,11-14H2,1-2H3,(H,24,28). The van der Waals surface area contributed by atoms with Crippen LogP contribution in [0.25, 0.3) is 0 Å². The summed E-state index contributed by atoms with van der Waals surface area (Å²) >= 11 is 5.95. The summed E-state index contributed by atoms with van der Waals surface area (Å²) in [5, 5.41) is 14.3. The number of rotatable bonds is 5. The molecule has 28 heavy (non-hydrogen) atoms. The smallest absolute Gasteiger partial charge is 0.224 e. The van der Waals surface area contributed by atoms with E-state index in [0.717, 1.165) is 31.2 Å². The number of β-amino-alcohol motifs (C(OH)–C–C–N with tert-alkyl or cyclic N) is 1. The molecule has 1 aromatic carbocycles. The van der Waals surface area contributed by atoms with Crippen LogP contribution in [0.15, 0.2) is 24.3 Å². The second-order valence-corrected chi connectivity index (χ2v) is 9.32. The van der Waals surface area contributed by atoms with E-state index in [-0.39, 0.29) is 30.1 Å². The maximum Gasteiger partial charge on any atom is 0.224 e. The first-order chi connectivity index (χ1) is 13.2. The summed E-state index contributed by atoms with van der Waals surface area (Å²) in [6.45, 7) is 4.72. The fraction of sp³-hybridized carbons (Fsp3) is 0.636. The van der Waals surface area contributed by atoms with Crippen LogP contribution in [0.4, 0.5) is 0 Å². The largest absolute Gasteiger partial charge is 0.391 e. The molecule has 0 bridgehead atoms. The number of nitrogens with zero attached hydrogens (tertiary/aromatic N) is 1. The third-order valence-corrected chi connectivity index (χ3v) is 6.27. The van der Waals surface area contributed by atoms with E-state index >= 15 is 0 Å². The summed E-state index contributed by atoms with van der Waals surface area (Å²) < 4.78 is 0. The Labute approximate surface area is 172 Å². The summed E-state index contributed by atoms with van der Waals surface area (Å²) in [6.07, 6.45) is 4.46. The molecule has 0 aromatic heterocycles. The van der Waals surface area contributed by atoms with E-state index in [1.807, 2.05) is 38.1 Å². The number of halogens is 1. The maximum absolute atomic E-state index is 12.8. The lowest BCUT2D eigenvalue weighted by Gasteiger charge is -2.38. The monoisotopic (exact) mass is 406 g/mol. The van der Waals surface area contributed by atoms with Crippen LogP contribution in [0.5, 0.6) is 0 Å². The van der Waals surface area contributed by atoms with Gasteiger partial charge in [0.1, 0.15) is 0 Å². The molecule has 1 aromatic rings. The molecule has 3 rings (SSSR count). The molecular formula is C22H31ClN2O3. The molecule has 154 valence electrons. The van der Waals surface area contributed by atoms with Gasteiger partial charge in [0.15, 0.2) is 0 Å². The summed E-state index contributed by atoms with van der Waals surface area (Å²) in [5.41, 5.74) is 0.461. The van der Waals surface area contributed by atoms with Gasteiger partial charge in [-0.05, 0) is 50.8 Å². The first-order valence-electron chi connectivity index (χ1n) is 10.3. The number of benzene rings is 1. The highest BCUT2D eigenvalue weighted by atomic mass is 35.5. The predicted octanol–water partition coefficient (Wildman–Crippen LogP) is 3.49. The molecule has 1 heterocycles. The van der Waals surface area contributed by atoms with Gasteiger partial charge >= 0.3 is 0 Å². The third kappa shape index (κ3) is 5.26. The number of piperidine rings is 1. The van der Waals surface area contributed by atoms with Crippen molar-refractivity contribution in [2.45, 2.75) is 69.9 Å². The Hall–Kier alpha value is -1.59. The molecule has 0 spiro atoms. The number of aliphatic hydroxyl groups is 1. The Bertz CT molecular complexity index is 698. The van der Waals surface area contributed by atoms with E-state index < -0.39 is 11.6 Å². The Balaban J connectivity index is 1.53. The molecule has 2 atom stereocenters. The minimum absolute atomic E-state index is 0.0106. The van der Waals surface area contributed by atoms with E-state index in [2.05, 4.69) is 5.32 Å². The summed E-state index contributed by atoms with van der Waals surface area (Å²) in [4.78, 5) is 26.9. The van der Waals surface area contributed by atoms with Crippen LogP contribution < -0.4 is 5.32 Å². The molecule has 2 amide bonds. The van der Waals surface area contributed by atoms with Gasteiger partial charge < -0.3 is 15.3 Å². The zero-order valence-corrected chi connectivity index (χ0v) is 17.5. The lowest BCUT2D eigenvalue weighted by molar-refractivity contribution is -0.136. The normalized spacial score (nSPS) is 23.6. The molecule has 2 unspecified atom stereocenters. The number of carbonyl (C=O) groups excluding carboxylic acids is 2. The van der Waals surface area contributed by atoms with Gasteiger partial charge in [0.05, 0.1) is 6.10 Å². The number of hydrogen-bond acceptors (Lipinski definition) is 3. The average Bonchev–Trinajstić information content (AvgIpc) is 3.16. The molecule has 2 aliphatic rings. The Morgan fingerprint density at radius 1 is 1.18 bits per heavy atom. The van der Waals surface area contributed by atoms with Gasteiger partial charge in [-0.1, -0.05) is 36.6 Å². The molecule has 1 saturated heterocycles. The highest BCUT2D eigenvalue weighted by molar-refractivity contribution is 6.30. The van der Waals surface area contributed by atoms with E-state index in [0.29, 0.717) is 24.5 Å². The number of amides is 2. The Kier molecular flexibility index (Phi) is 6.66. The van der Waals surface area contributed by atoms with E-state index in [4.69, 9.17) is 11.6 Å². The lowest BCUT2D eigenvalue weighted by Crippen LogP contribution is -2.51. The van der Waals surface area contributed by atoms with E-state index in [9.17, 15) is 14.7 Å². The second-order valence-electron chi connectivity index (χ2n) is 8.89. The number of aliphatic hydroxyl groups excluding tert-OH is 1. The average molecular weight is 407 g/mol.